The van der Waals surface area contributed by atoms with Gasteiger partial charge in [-0.15, -0.1) is 0 Å². The molecule has 0 spiro atoms. The topological polar surface area (TPSA) is 65.4 Å². The molecule has 2 amide bonds. The van der Waals surface area contributed by atoms with Crippen LogP contribution in [0.5, 0.6) is 0 Å². The van der Waals surface area contributed by atoms with Gasteiger partial charge in [0.1, 0.15) is 11.9 Å². The van der Waals surface area contributed by atoms with Crippen LogP contribution in [-0.2, 0) is 4.74 Å². The van der Waals surface area contributed by atoms with Gasteiger partial charge >= 0.3 is 6.03 Å². The Bertz CT molecular complexity index is 837. The molecule has 1 aliphatic rings. The van der Waals surface area contributed by atoms with Gasteiger partial charge in [-0.25, -0.2) is 9.18 Å². The molecule has 1 heterocycles. The summed E-state index contributed by atoms with van der Waals surface area (Å²) in [6.45, 7) is 1.13. The third-order valence-corrected chi connectivity index (χ3v) is 4.20. The Morgan fingerprint density at radius 1 is 1.36 bits per heavy atom. The normalized spacial score (nSPS) is 17.0. The summed E-state index contributed by atoms with van der Waals surface area (Å²) < 4.78 is 19.0. The minimum Gasteiger partial charge on any atom is -0.370 e. The second kappa shape index (κ2) is 7.51. The minimum absolute atomic E-state index is 0.0241. The second-order valence-corrected chi connectivity index (χ2v) is 6.01. The highest BCUT2D eigenvalue weighted by atomic mass is 35.5. The van der Waals surface area contributed by atoms with Crippen molar-refractivity contribution in [3.63, 3.8) is 0 Å². The first-order valence-electron chi connectivity index (χ1n) is 7.69. The zero-order chi connectivity index (χ0) is 17.8. The molecule has 1 N–H and O–H groups in total. The molecule has 0 bridgehead atoms. The average Bonchev–Trinajstić information content (AvgIpc) is 2.64. The zero-order valence-electron chi connectivity index (χ0n) is 13.2. The lowest BCUT2D eigenvalue weighted by Crippen LogP contribution is -2.44. The second-order valence-electron chi connectivity index (χ2n) is 5.60. The fraction of sp³-hybridized carbons (Fsp3) is 0.222. The summed E-state index contributed by atoms with van der Waals surface area (Å²) in [6.07, 6.45) is -0.372. The number of rotatable bonds is 2. The maximum atomic E-state index is 13.3. The monoisotopic (exact) mass is 359 g/mol. The highest BCUT2D eigenvalue weighted by Crippen LogP contribution is 2.26. The van der Waals surface area contributed by atoms with E-state index in [0.29, 0.717) is 30.9 Å². The highest BCUT2D eigenvalue weighted by molar-refractivity contribution is 6.30. The molecule has 128 valence electrons. The quantitative estimate of drug-likeness (QED) is 0.882. The van der Waals surface area contributed by atoms with Crippen LogP contribution in [0.15, 0.2) is 42.5 Å². The van der Waals surface area contributed by atoms with Crippen molar-refractivity contribution in [1.29, 1.82) is 5.26 Å². The zero-order valence-corrected chi connectivity index (χ0v) is 14.0. The van der Waals surface area contributed by atoms with E-state index < -0.39 is 5.82 Å². The summed E-state index contributed by atoms with van der Waals surface area (Å²) in [7, 11) is 0. The van der Waals surface area contributed by atoms with Gasteiger partial charge in [0.15, 0.2) is 0 Å². The van der Waals surface area contributed by atoms with Crippen molar-refractivity contribution in [3.05, 3.63) is 64.4 Å². The largest absolute Gasteiger partial charge is 0.370 e. The van der Waals surface area contributed by atoms with Crippen LogP contribution in [0.4, 0.5) is 14.9 Å². The Morgan fingerprint density at radius 2 is 2.20 bits per heavy atom. The number of hydrogen-bond acceptors (Lipinski definition) is 3. The van der Waals surface area contributed by atoms with Gasteiger partial charge in [-0.1, -0.05) is 23.7 Å². The summed E-state index contributed by atoms with van der Waals surface area (Å²) in [6, 6.07) is 12.8. The number of carbonyl (C=O) groups is 1. The maximum absolute atomic E-state index is 13.3. The third-order valence-electron chi connectivity index (χ3n) is 3.91. The van der Waals surface area contributed by atoms with Crippen molar-refractivity contribution in [1.82, 2.24) is 4.90 Å². The van der Waals surface area contributed by atoms with E-state index in [2.05, 4.69) is 5.32 Å². The van der Waals surface area contributed by atoms with E-state index >= 15 is 0 Å². The third kappa shape index (κ3) is 4.08. The van der Waals surface area contributed by atoms with Gasteiger partial charge in [0, 0.05) is 12.2 Å². The molecule has 2 aromatic carbocycles. The van der Waals surface area contributed by atoms with Gasteiger partial charge in [0.05, 0.1) is 29.8 Å². The van der Waals surface area contributed by atoms with Crippen molar-refractivity contribution in [2.45, 2.75) is 6.10 Å². The van der Waals surface area contributed by atoms with Gasteiger partial charge in [0.25, 0.3) is 0 Å². The number of urea groups is 1. The highest BCUT2D eigenvalue weighted by Gasteiger charge is 2.26. The van der Waals surface area contributed by atoms with Crippen molar-refractivity contribution in [2.75, 3.05) is 25.0 Å². The number of morpholine rings is 1. The molecule has 2 aromatic rings. The molecule has 0 saturated carbocycles. The number of ether oxygens (including phenoxy) is 1. The standard InChI is InChI=1S/C18H15ClFN3O2/c19-15-9-13(4-5-16(15)20)17-11-23(6-7-25-17)18(24)22-14-3-1-2-12(8-14)10-21/h1-5,8-9,17H,6-7,11H2,(H,22,24). The number of benzene rings is 2. The smallest absolute Gasteiger partial charge is 0.322 e. The summed E-state index contributed by atoms with van der Waals surface area (Å²) in [5.41, 5.74) is 1.74. The average molecular weight is 360 g/mol. The predicted octanol–water partition coefficient (Wildman–Crippen LogP) is 3.96. The first-order valence-corrected chi connectivity index (χ1v) is 8.07. The van der Waals surface area contributed by atoms with Crippen LogP contribution in [0.2, 0.25) is 5.02 Å². The molecule has 0 aromatic heterocycles. The number of anilines is 1. The van der Waals surface area contributed by atoms with E-state index in [-0.39, 0.29) is 17.2 Å². The molecule has 1 saturated heterocycles. The van der Waals surface area contributed by atoms with Crippen molar-refractivity contribution < 1.29 is 13.9 Å². The summed E-state index contributed by atoms with van der Waals surface area (Å²) in [5.74, 6) is -0.492. The lowest BCUT2D eigenvalue weighted by molar-refractivity contribution is -0.0135. The number of amides is 2. The molecule has 3 rings (SSSR count). The maximum Gasteiger partial charge on any atom is 0.322 e. The van der Waals surface area contributed by atoms with Gasteiger partial charge < -0.3 is 15.0 Å². The molecule has 0 aliphatic carbocycles. The van der Waals surface area contributed by atoms with Gasteiger partial charge in [-0.05, 0) is 35.9 Å². The summed E-state index contributed by atoms with van der Waals surface area (Å²) in [5, 5.41) is 11.7. The predicted molar refractivity (Wildman–Crippen MR) is 91.9 cm³/mol. The van der Waals surface area contributed by atoms with E-state index in [1.54, 1.807) is 35.2 Å². The number of hydrogen-bond donors (Lipinski definition) is 1. The molecule has 5 nitrogen and oxygen atoms in total. The minimum atomic E-state index is -0.492. The van der Waals surface area contributed by atoms with E-state index in [4.69, 9.17) is 21.6 Å². The van der Waals surface area contributed by atoms with E-state index in [1.807, 2.05) is 6.07 Å². The fourth-order valence-corrected chi connectivity index (χ4v) is 2.81. The molecule has 1 aliphatic heterocycles. The molecule has 25 heavy (non-hydrogen) atoms. The van der Waals surface area contributed by atoms with Gasteiger partial charge in [-0.3, -0.25) is 0 Å². The first-order chi connectivity index (χ1) is 12.1. The van der Waals surface area contributed by atoms with Crippen molar-refractivity contribution >= 4 is 23.3 Å². The van der Waals surface area contributed by atoms with E-state index in [9.17, 15) is 9.18 Å². The summed E-state index contributed by atoms with van der Waals surface area (Å²) in [4.78, 5) is 14.1. The van der Waals surface area contributed by atoms with Crippen molar-refractivity contribution in [3.8, 4) is 6.07 Å². The summed E-state index contributed by atoms with van der Waals surface area (Å²) >= 11 is 5.82. The number of nitriles is 1. The SMILES string of the molecule is N#Cc1cccc(NC(=O)N2CCOC(c3ccc(F)c(Cl)c3)C2)c1. The lowest BCUT2D eigenvalue weighted by atomic mass is 10.1. The van der Waals surface area contributed by atoms with Gasteiger partial charge in [0.2, 0.25) is 0 Å². The molecule has 1 atom stereocenters. The Morgan fingerprint density at radius 3 is 2.96 bits per heavy atom. The van der Waals surface area contributed by atoms with Crippen LogP contribution in [0, 0.1) is 17.1 Å². The number of nitrogens with zero attached hydrogens (tertiary/aromatic N) is 2. The van der Waals surface area contributed by atoms with E-state index in [0.717, 1.165) is 5.56 Å². The van der Waals surface area contributed by atoms with Crippen LogP contribution >= 0.6 is 11.6 Å². The molecular formula is C18H15ClFN3O2. The fourth-order valence-electron chi connectivity index (χ4n) is 2.62. The van der Waals surface area contributed by atoms with Gasteiger partial charge in [-0.2, -0.15) is 5.26 Å². The molecular weight excluding hydrogens is 345 g/mol. The lowest BCUT2D eigenvalue weighted by Gasteiger charge is -2.33. The number of nitrogens with one attached hydrogen (secondary N) is 1. The molecule has 1 fully saturated rings. The Hall–Kier alpha value is -2.62. The first kappa shape index (κ1) is 17.2. The van der Waals surface area contributed by atoms with Crippen LogP contribution < -0.4 is 5.32 Å². The number of halogens is 2. The van der Waals surface area contributed by atoms with Crippen LogP contribution in [0.3, 0.4) is 0 Å². The van der Waals surface area contributed by atoms with Crippen LogP contribution in [0.25, 0.3) is 0 Å². The van der Waals surface area contributed by atoms with Crippen LogP contribution in [0.1, 0.15) is 17.2 Å². The number of carbonyl (C=O) groups excluding carboxylic acids is 1. The molecule has 1 unspecified atom stereocenters. The molecule has 7 heteroatoms. The van der Waals surface area contributed by atoms with E-state index in [1.165, 1.54) is 12.1 Å². The Labute approximate surface area is 149 Å². The van der Waals surface area contributed by atoms with Crippen LogP contribution in [-0.4, -0.2) is 30.6 Å². The molecule has 0 radical (unpaired) electrons. The Balaban J connectivity index is 1.69. The Kier molecular flexibility index (Phi) is 5.17. The van der Waals surface area contributed by atoms with Crippen molar-refractivity contribution in [2.24, 2.45) is 0 Å².